The summed E-state index contributed by atoms with van der Waals surface area (Å²) in [5.74, 6) is 0.604. The van der Waals surface area contributed by atoms with E-state index in [9.17, 15) is 4.79 Å². The Balaban J connectivity index is 2.17. The van der Waals surface area contributed by atoms with Gasteiger partial charge in [-0.05, 0) is 49.2 Å². The Bertz CT molecular complexity index is 703. The zero-order valence-corrected chi connectivity index (χ0v) is 14.9. The van der Waals surface area contributed by atoms with Gasteiger partial charge in [0.05, 0.1) is 13.2 Å². The Kier molecular flexibility index (Phi) is 6.64. The third kappa shape index (κ3) is 4.73. The van der Waals surface area contributed by atoms with Crippen LogP contribution in [-0.2, 0) is 4.74 Å². The van der Waals surface area contributed by atoms with Crippen LogP contribution in [0.5, 0.6) is 5.75 Å². The maximum absolute atomic E-state index is 12.3. The molecule has 0 aliphatic carbocycles. The van der Waals surface area contributed by atoms with E-state index in [0.29, 0.717) is 22.9 Å². The van der Waals surface area contributed by atoms with Gasteiger partial charge in [0.1, 0.15) is 5.75 Å². The minimum atomic E-state index is -0.110. The number of carbonyl (C=O) groups is 1. The fraction of sp³-hybridized carbons (Fsp3) is 0.316. The van der Waals surface area contributed by atoms with E-state index in [1.54, 1.807) is 26.4 Å². The lowest BCUT2D eigenvalue weighted by molar-refractivity contribution is 0.0918. The normalized spacial score (nSPS) is 11.8. The van der Waals surface area contributed by atoms with Crippen molar-refractivity contribution in [2.24, 2.45) is 0 Å². The van der Waals surface area contributed by atoms with Crippen LogP contribution in [-0.4, -0.2) is 32.8 Å². The van der Waals surface area contributed by atoms with Crippen molar-refractivity contribution in [3.63, 3.8) is 0 Å². The molecule has 24 heavy (non-hydrogen) atoms. The summed E-state index contributed by atoms with van der Waals surface area (Å²) in [6.45, 7) is 2.54. The zero-order valence-electron chi connectivity index (χ0n) is 14.1. The highest BCUT2D eigenvalue weighted by Crippen LogP contribution is 2.32. The molecule has 1 amide bonds. The van der Waals surface area contributed by atoms with E-state index in [1.807, 2.05) is 37.3 Å². The van der Waals surface area contributed by atoms with Gasteiger partial charge in [0.2, 0.25) is 0 Å². The van der Waals surface area contributed by atoms with Gasteiger partial charge in [0.25, 0.3) is 5.91 Å². The monoisotopic (exact) mass is 347 g/mol. The van der Waals surface area contributed by atoms with Gasteiger partial charge in [-0.25, -0.2) is 0 Å². The smallest absolute Gasteiger partial charge is 0.251 e. The number of hydrogen-bond donors (Lipinski definition) is 1. The molecule has 0 aliphatic rings. The quantitative estimate of drug-likeness (QED) is 0.817. The molecule has 0 spiro atoms. The molecule has 5 heteroatoms. The van der Waals surface area contributed by atoms with Gasteiger partial charge in [-0.15, -0.1) is 0 Å². The summed E-state index contributed by atoms with van der Waals surface area (Å²) < 4.78 is 10.6. The molecule has 1 atom stereocenters. The van der Waals surface area contributed by atoms with Crippen LogP contribution in [0.4, 0.5) is 0 Å². The fourth-order valence-corrected chi connectivity index (χ4v) is 2.51. The fourth-order valence-electron chi connectivity index (χ4n) is 2.34. The number of methoxy groups -OCH3 is 2. The maximum atomic E-state index is 12.3. The molecule has 0 radical (unpaired) electrons. The summed E-state index contributed by atoms with van der Waals surface area (Å²) in [6.07, 6.45) is 0.886. The summed E-state index contributed by atoms with van der Waals surface area (Å²) in [6, 6.07) is 12.8. The van der Waals surface area contributed by atoms with Crippen molar-refractivity contribution in [3.05, 3.63) is 53.1 Å². The van der Waals surface area contributed by atoms with Crippen LogP contribution >= 0.6 is 11.6 Å². The van der Waals surface area contributed by atoms with Crippen molar-refractivity contribution < 1.29 is 14.3 Å². The largest absolute Gasteiger partial charge is 0.496 e. The number of amides is 1. The Morgan fingerprint density at radius 1 is 1.21 bits per heavy atom. The first-order valence-electron chi connectivity index (χ1n) is 7.80. The Morgan fingerprint density at radius 3 is 2.71 bits per heavy atom. The van der Waals surface area contributed by atoms with E-state index in [0.717, 1.165) is 17.5 Å². The van der Waals surface area contributed by atoms with E-state index >= 15 is 0 Å². The van der Waals surface area contributed by atoms with Crippen LogP contribution in [0.2, 0.25) is 5.02 Å². The number of nitrogens with one attached hydrogen (secondary N) is 1. The average Bonchev–Trinajstić information content (AvgIpc) is 2.61. The molecule has 0 fully saturated rings. The highest BCUT2D eigenvalue weighted by Gasteiger charge is 2.11. The number of hydrogen-bond acceptors (Lipinski definition) is 3. The minimum Gasteiger partial charge on any atom is -0.496 e. The molecule has 2 aromatic rings. The van der Waals surface area contributed by atoms with Crippen LogP contribution in [0.1, 0.15) is 23.7 Å². The second kappa shape index (κ2) is 8.71. The molecule has 0 aromatic heterocycles. The molecule has 4 nitrogen and oxygen atoms in total. The molecule has 2 aromatic carbocycles. The van der Waals surface area contributed by atoms with E-state index in [-0.39, 0.29) is 12.0 Å². The summed E-state index contributed by atoms with van der Waals surface area (Å²) in [4.78, 5) is 12.3. The summed E-state index contributed by atoms with van der Waals surface area (Å²) in [7, 11) is 3.27. The molecule has 0 saturated carbocycles. The lowest BCUT2D eigenvalue weighted by Crippen LogP contribution is -2.26. The first-order chi connectivity index (χ1) is 11.5. The first-order valence-corrected chi connectivity index (χ1v) is 8.18. The van der Waals surface area contributed by atoms with Crippen molar-refractivity contribution in [2.75, 3.05) is 20.8 Å². The lowest BCUT2D eigenvalue weighted by Gasteiger charge is -2.12. The van der Waals surface area contributed by atoms with E-state index < -0.39 is 0 Å². The maximum Gasteiger partial charge on any atom is 0.251 e. The first kappa shape index (κ1) is 18.3. The Labute approximate surface area is 147 Å². The number of halogens is 1. The molecular weight excluding hydrogens is 326 g/mol. The van der Waals surface area contributed by atoms with Gasteiger partial charge in [0, 0.05) is 29.8 Å². The van der Waals surface area contributed by atoms with Crippen LogP contribution < -0.4 is 10.1 Å². The summed E-state index contributed by atoms with van der Waals surface area (Å²) in [5, 5.41) is 3.53. The highest BCUT2D eigenvalue weighted by molar-refractivity contribution is 6.31. The van der Waals surface area contributed by atoms with Crippen molar-refractivity contribution in [3.8, 4) is 16.9 Å². The lowest BCUT2D eigenvalue weighted by atomic mass is 10.0. The molecule has 1 N–H and O–H groups in total. The zero-order chi connectivity index (χ0) is 17.5. The van der Waals surface area contributed by atoms with Gasteiger partial charge in [0.15, 0.2) is 0 Å². The number of rotatable bonds is 7. The van der Waals surface area contributed by atoms with Gasteiger partial charge in [-0.3, -0.25) is 4.79 Å². The third-order valence-corrected chi connectivity index (χ3v) is 4.07. The molecule has 128 valence electrons. The van der Waals surface area contributed by atoms with Crippen LogP contribution in [0.3, 0.4) is 0 Å². The van der Waals surface area contributed by atoms with Gasteiger partial charge >= 0.3 is 0 Å². The molecule has 2 rings (SSSR count). The summed E-state index contributed by atoms with van der Waals surface area (Å²) in [5.41, 5.74) is 2.33. The Hall–Kier alpha value is -2.04. The molecule has 1 unspecified atom stereocenters. The minimum absolute atomic E-state index is 0.110. The van der Waals surface area contributed by atoms with Gasteiger partial charge in [-0.2, -0.15) is 0 Å². The van der Waals surface area contributed by atoms with Crippen LogP contribution in [0, 0.1) is 0 Å². The molecular formula is C19H22ClNO3. The van der Waals surface area contributed by atoms with Crippen molar-refractivity contribution in [2.45, 2.75) is 19.4 Å². The third-order valence-electron chi connectivity index (χ3n) is 3.84. The SMILES string of the molecule is COc1ccc(Cl)cc1-c1cccc(C(=O)NCCC(C)OC)c1. The van der Waals surface area contributed by atoms with Gasteiger partial charge in [-0.1, -0.05) is 23.7 Å². The average molecular weight is 348 g/mol. The van der Waals surface area contributed by atoms with E-state index in [4.69, 9.17) is 21.1 Å². The molecule has 0 bridgehead atoms. The summed E-state index contributed by atoms with van der Waals surface area (Å²) >= 11 is 6.09. The van der Waals surface area contributed by atoms with Crippen LogP contribution in [0.25, 0.3) is 11.1 Å². The molecule has 0 aliphatic heterocycles. The standard InChI is InChI=1S/C19H22ClNO3/c1-13(23-2)9-10-21-19(22)15-6-4-5-14(11-15)17-12-16(20)7-8-18(17)24-3/h4-8,11-13H,9-10H2,1-3H3,(H,21,22). The molecule has 0 saturated heterocycles. The highest BCUT2D eigenvalue weighted by atomic mass is 35.5. The second-order valence-corrected chi connectivity index (χ2v) is 5.95. The van der Waals surface area contributed by atoms with Gasteiger partial charge < -0.3 is 14.8 Å². The van der Waals surface area contributed by atoms with Crippen molar-refractivity contribution in [1.82, 2.24) is 5.32 Å². The number of ether oxygens (including phenoxy) is 2. The predicted octanol–water partition coefficient (Wildman–Crippen LogP) is 4.17. The van der Waals surface area contributed by atoms with E-state index in [2.05, 4.69) is 5.32 Å². The Morgan fingerprint density at radius 2 is 2.00 bits per heavy atom. The topological polar surface area (TPSA) is 47.6 Å². The number of benzene rings is 2. The van der Waals surface area contributed by atoms with E-state index in [1.165, 1.54) is 0 Å². The van der Waals surface area contributed by atoms with Crippen molar-refractivity contribution >= 4 is 17.5 Å². The van der Waals surface area contributed by atoms with Crippen LogP contribution in [0.15, 0.2) is 42.5 Å². The van der Waals surface area contributed by atoms with Crippen molar-refractivity contribution in [1.29, 1.82) is 0 Å². The molecule has 0 heterocycles. The number of carbonyl (C=O) groups excluding carboxylic acids is 1. The second-order valence-electron chi connectivity index (χ2n) is 5.52. The predicted molar refractivity (Wildman–Crippen MR) is 96.9 cm³/mol.